The summed E-state index contributed by atoms with van der Waals surface area (Å²) in [5.41, 5.74) is 4.97. The van der Waals surface area contributed by atoms with Crippen LogP contribution in [0.1, 0.15) is 35.4 Å². The minimum atomic E-state index is -0.263. The second-order valence-corrected chi connectivity index (χ2v) is 6.83. The Balaban J connectivity index is 1.62. The Kier molecular flexibility index (Phi) is 5.23. The van der Waals surface area contributed by atoms with Crippen LogP contribution in [0.3, 0.4) is 0 Å². The average molecular weight is 355 g/mol. The SMILES string of the molecule is CCCc1nc(CNC(=O)Nc2ccc3nc(C)c(C)nc3c2)cs1. The topological polar surface area (TPSA) is 79.8 Å². The van der Waals surface area contributed by atoms with Gasteiger partial charge in [0.2, 0.25) is 0 Å². The summed E-state index contributed by atoms with van der Waals surface area (Å²) >= 11 is 1.64. The number of rotatable bonds is 5. The van der Waals surface area contributed by atoms with Crippen molar-refractivity contribution in [1.82, 2.24) is 20.3 Å². The number of nitrogens with one attached hydrogen (secondary N) is 2. The summed E-state index contributed by atoms with van der Waals surface area (Å²) in [6, 6.07) is 5.26. The molecule has 3 aromatic rings. The highest BCUT2D eigenvalue weighted by Crippen LogP contribution is 2.17. The maximum atomic E-state index is 12.1. The molecule has 0 atom stereocenters. The molecule has 0 aliphatic heterocycles. The lowest BCUT2D eigenvalue weighted by Gasteiger charge is -2.08. The van der Waals surface area contributed by atoms with E-state index in [9.17, 15) is 4.79 Å². The number of aromatic nitrogens is 3. The standard InChI is InChI=1S/C18H21N5OS/c1-4-5-17-22-14(10-25-17)9-19-18(24)23-13-6-7-15-16(8-13)21-12(3)11(2)20-15/h6-8,10H,4-5,9H2,1-3H3,(H2,19,23,24). The Hall–Kier alpha value is -2.54. The van der Waals surface area contributed by atoms with Crippen LogP contribution in [-0.2, 0) is 13.0 Å². The lowest BCUT2D eigenvalue weighted by molar-refractivity contribution is 0.251. The van der Waals surface area contributed by atoms with E-state index >= 15 is 0 Å². The molecule has 25 heavy (non-hydrogen) atoms. The zero-order valence-electron chi connectivity index (χ0n) is 14.6. The molecule has 0 unspecified atom stereocenters. The van der Waals surface area contributed by atoms with E-state index in [1.165, 1.54) is 0 Å². The summed E-state index contributed by atoms with van der Waals surface area (Å²) in [7, 11) is 0. The molecule has 0 aliphatic rings. The van der Waals surface area contributed by atoms with Crippen LogP contribution in [0, 0.1) is 13.8 Å². The van der Waals surface area contributed by atoms with Crippen molar-refractivity contribution in [2.24, 2.45) is 0 Å². The van der Waals surface area contributed by atoms with Crippen LogP contribution in [0.4, 0.5) is 10.5 Å². The van der Waals surface area contributed by atoms with E-state index in [1.807, 2.05) is 37.4 Å². The fourth-order valence-corrected chi connectivity index (χ4v) is 3.31. The van der Waals surface area contributed by atoms with Crippen molar-refractivity contribution in [2.45, 2.75) is 40.2 Å². The van der Waals surface area contributed by atoms with Crippen molar-refractivity contribution in [3.63, 3.8) is 0 Å². The third kappa shape index (κ3) is 4.30. The van der Waals surface area contributed by atoms with Gasteiger partial charge < -0.3 is 10.6 Å². The number of carbonyl (C=O) groups is 1. The van der Waals surface area contributed by atoms with E-state index in [1.54, 1.807) is 11.3 Å². The zero-order chi connectivity index (χ0) is 17.8. The van der Waals surface area contributed by atoms with Crippen LogP contribution in [0.25, 0.3) is 11.0 Å². The first-order valence-electron chi connectivity index (χ1n) is 8.28. The molecule has 0 spiro atoms. The summed E-state index contributed by atoms with van der Waals surface area (Å²) in [5, 5.41) is 8.76. The Morgan fingerprint density at radius 3 is 2.64 bits per heavy atom. The Bertz CT molecular complexity index is 906. The number of aryl methyl sites for hydroxylation is 3. The molecule has 2 amide bonds. The molecule has 0 fully saturated rings. The van der Waals surface area contributed by atoms with Gasteiger partial charge in [-0.25, -0.2) is 19.7 Å². The van der Waals surface area contributed by atoms with Crippen LogP contribution in [-0.4, -0.2) is 21.0 Å². The highest BCUT2D eigenvalue weighted by Gasteiger charge is 2.07. The predicted octanol–water partition coefficient (Wildman–Crippen LogP) is 3.98. The summed E-state index contributed by atoms with van der Waals surface area (Å²) in [5.74, 6) is 0. The van der Waals surface area contributed by atoms with Gasteiger partial charge in [0.15, 0.2) is 0 Å². The van der Waals surface area contributed by atoms with Crippen LogP contribution in [0.15, 0.2) is 23.6 Å². The molecule has 2 N–H and O–H groups in total. The van der Waals surface area contributed by atoms with Crippen LogP contribution >= 0.6 is 11.3 Å². The second kappa shape index (κ2) is 7.57. The first kappa shape index (κ1) is 17.3. The molecular weight excluding hydrogens is 334 g/mol. The molecule has 0 saturated carbocycles. The second-order valence-electron chi connectivity index (χ2n) is 5.89. The van der Waals surface area contributed by atoms with E-state index in [-0.39, 0.29) is 6.03 Å². The number of nitrogens with zero attached hydrogens (tertiary/aromatic N) is 3. The molecule has 2 aromatic heterocycles. The molecule has 0 radical (unpaired) electrons. The van der Waals surface area contributed by atoms with Crippen LogP contribution in [0.2, 0.25) is 0 Å². The zero-order valence-corrected chi connectivity index (χ0v) is 15.4. The predicted molar refractivity (Wildman–Crippen MR) is 101 cm³/mol. The first-order valence-corrected chi connectivity index (χ1v) is 9.16. The minimum absolute atomic E-state index is 0.263. The van der Waals surface area contributed by atoms with Gasteiger partial charge in [-0.3, -0.25) is 0 Å². The van der Waals surface area contributed by atoms with Gasteiger partial charge in [0.25, 0.3) is 0 Å². The molecule has 0 saturated heterocycles. The quantitative estimate of drug-likeness (QED) is 0.725. The van der Waals surface area contributed by atoms with Crippen molar-refractivity contribution in [1.29, 1.82) is 0 Å². The fraction of sp³-hybridized carbons (Fsp3) is 0.333. The van der Waals surface area contributed by atoms with E-state index in [4.69, 9.17) is 0 Å². The van der Waals surface area contributed by atoms with Crippen molar-refractivity contribution in [3.8, 4) is 0 Å². The molecular formula is C18H21N5OS. The number of benzene rings is 1. The summed E-state index contributed by atoms with van der Waals surface area (Å²) in [6.07, 6.45) is 2.05. The van der Waals surface area contributed by atoms with Crippen molar-refractivity contribution >= 4 is 34.1 Å². The summed E-state index contributed by atoms with van der Waals surface area (Å²) < 4.78 is 0. The third-order valence-corrected chi connectivity index (χ3v) is 4.78. The number of carbonyl (C=O) groups excluding carboxylic acids is 1. The lowest BCUT2D eigenvalue weighted by Crippen LogP contribution is -2.28. The van der Waals surface area contributed by atoms with Crippen molar-refractivity contribution in [2.75, 3.05) is 5.32 Å². The number of hydrogen-bond donors (Lipinski definition) is 2. The van der Waals surface area contributed by atoms with Gasteiger partial charge in [0.1, 0.15) is 0 Å². The largest absolute Gasteiger partial charge is 0.332 e. The smallest absolute Gasteiger partial charge is 0.319 e. The van der Waals surface area contributed by atoms with Gasteiger partial charge in [-0.2, -0.15) is 0 Å². The van der Waals surface area contributed by atoms with Crippen molar-refractivity contribution in [3.05, 3.63) is 45.7 Å². The minimum Gasteiger partial charge on any atom is -0.332 e. The highest BCUT2D eigenvalue weighted by atomic mass is 32.1. The average Bonchev–Trinajstić information content (AvgIpc) is 3.02. The maximum absolute atomic E-state index is 12.1. The Labute approximate surface area is 150 Å². The maximum Gasteiger partial charge on any atom is 0.319 e. The number of amides is 2. The molecule has 6 nitrogen and oxygen atoms in total. The molecule has 0 aliphatic carbocycles. The molecule has 2 heterocycles. The third-order valence-electron chi connectivity index (χ3n) is 3.83. The molecule has 0 bridgehead atoms. The number of hydrogen-bond acceptors (Lipinski definition) is 5. The normalized spacial score (nSPS) is 10.8. The van der Waals surface area contributed by atoms with Gasteiger partial charge in [0.05, 0.1) is 39.7 Å². The first-order chi connectivity index (χ1) is 12.0. The molecule has 7 heteroatoms. The Morgan fingerprint density at radius 1 is 1.12 bits per heavy atom. The van der Waals surface area contributed by atoms with Gasteiger partial charge >= 0.3 is 6.03 Å². The van der Waals surface area contributed by atoms with Gasteiger partial charge in [0, 0.05) is 11.1 Å². The van der Waals surface area contributed by atoms with E-state index in [2.05, 4.69) is 32.5 Å². The van der Waals surface area contributed by atoms with Gasteiger partial charge in [-0.15, -0.1) is 11.3 Å². The molecule has 130 valence electrons. The van der Waals surface area contributed by atoms with Crippen LogP contribution < -0.4 is 10.6 Å². The number of anilines is 1. The van der Waals surface area contributed by atoms with E-state index in [0.717, 1.165) is 46.0 Å². The number of fused-ring (bicyclic) bond motifs is 1. The molecule has 3 rings (SSSR count). The number of urea groups is 1. The van der Waals surface area contributed by atoms with Gasteiger partial charge in [-0.1, -0.05) is 6.92 Å². The molecule has 1 aromatic carbocycles. The summed E-state index contributed by atoms with van der Waals surface area (Å²) in [6.45, 7) is 6.41. The van der Waals surface area contributed by atoms with Gasteiger partial charge in [-0.05, 0) is 44.9 Å². The highest BCUT2D eigenvalue weighted by molar-refractivity contribution is 7.09. The Morgan fingerprint density at radius 2 is 1.88 bits per heavy atom. The number of thiazole rings is 1. The van der Waals surface area contributed by atoms with Crippen molar-refractivity contribution < 1.29 is 4.79 Å². The van der Waals surface area contributed by atoms with E-state index < -0.39 is 0 Å². The monoisotopic (exact) mass is 355 g/mol. The van der Waals surface area contributed by atoms with E-state index in [0.29, 0.717) is 12.2 Å². The lowest BCUT2D eigenvalue weighted by atomic mass is 10.2. The fourth-order valence-electron chi connectivity index (χ4n) is 2.41. The van der Waals surface area contributed by atoms with Crippen LogP contribution in [0.5, 0.6) is 0 Å². The summed E-state index contributed by atoms with van der Waals surface area (Å²) in [4.78, 5) is 25.6.